The highest BCUT2D eigenvalue weighted by Crippen LogP contribution is 2.41. The van der Waals surface area contributed by atoms with Gasteiger partial charge in [0.1, 0.15) is 17.7 Å². The molecule has 2 amide bonds. The van der Waals surface area contributed by atoms with Gasteiger partial charge in [0.15, 0.2) is 6.10 Å². The highest BCUT2D eigenvalue weighted by molar-refractivity contribution is 8.00. The minimum Gasteiger partial charge on any atom is -0.461 e. The van der Waals surface area contributed by atoms with Gasteiger partial charge in [0, 0.05) is 37.1 Å². The Labute approximate surface area is 177 Å². The quantitative estimate of drug-likeness (QED) is 0.417. The second kappa shape index (κ2) is 8.41. The summed E-state index contributed by atoms with van der Waals surface area (Å²) in [7, 11) is 1.47. The Morgan fingerprint density at radius 2 is 2.00 bits per heavy atom. The molecule has 0 spiro atoms. The minimum absolute atomic E-state index is 0.0542. The van der Waals surface area contributed by atoms with Crippen LogP contribution < -0.4 is 0 Å². The zero-order valence-corrected chi connectivity index (χ0v) is 17.3. The largest absolute Gasteiger partial charge is 0.461 e. The predicted octanol–water partition coefficient (Wildman–Crippen LogP) is 2.53. The first-order chi connectivity index (χ1) is 14.5. The zero-order valence-electron chi connectivity index (χ0n) is 16.5. The normalized spacial score (nSPS) is 21.0. The zero-order chi connectivity index (χ0) is 21.3. The fourth-order valence-electron chi connectivity index (χ4n) is 3.58. The number of β-lactam (4-membered cyclic amide) rings is 1. The Kier molecular flexibility index (Phi) is 5.69. The average Bonchev–Trinajstić information content (AvgIpc) is 2.75. The average molecular weight is 424 g/mol. The molecule has 30 heavy (non-hydrogen) atoms. The van der Waals surface area contributed by atoms with Crippen LogP contribution in [-0.4, -0.2) is 59.8 Å². The molecule has 0 saturated carbocycles. The van der Waals surface area contributed by atoms with Gasteiger partial charge < -0.3 is 9.47 Å². The van der Waals surface area contributed by atoms with E-state index in [1.54, 1.807) is 0 Å². The van der Waals surface area contributed by atoms with Crippen molar-refractivity contribution in [3.8, 4) is 0 Å². The lowest BCUT2D eigenvalue weighted by Gasteiger charge is -2.48. The molecule has 2 aromatic rings. The summed E-state index contributed by atoms with van der Waals surface area (Å²) in [6.07, 6.45) is 0.922. The molecule has 0 radical (unpaired) electrons. The summed E-state index contributed by atoms with van der Waals surface area (Å²) in [5.74, 6) is -0.839. The molecule has 2 atom stereocenters. The predicted molar refractivity (Wildman–Crippen MR) is 114 cm³/mol. The molecule has 2 aromatic carbocycles. The van der Waals surface area contributed by atoms with Crippen molar-refractivity contribution < 1.29 is 23.9 Å². The lowest BCUT2D eigenvalue weighted by atomic mass is 10.0. The van der Waals surface area contributed by atoms with Gasteiger partial charge in [-0.3, -0.25) is 19.3 Å². The van der Waals surface area contributed by atoms with E-state index >= 15 is 0 Å². The molecular formula is C22H20N2O5S. The van der Waals surface area contributed by atoms with Crippen LogP contribution in [0.2, 0.25) is 0 Å². The number of carbonyl (C=O) groups excluding carboxylic acids is 3. The van der Waals surface area contributed by atoms with Crippen molar-refractivity contribution in [2.45, 2.75) is 18.4 Å². The fourth-order valence-corrected chi connectivity index (χ4v) is 4.94. The Morgan fingerprint density at radius 1 is 1.23 bits per heavy atom. The number of nitrogens with zero attached hydrogens (tertiary/aromatic N) is 2. The molecule has 0 unspecified atom stereocenters. The number of amides is 2. The van der Waals surface area contributed by atoms with Gasteiger partial charge in [0.2, 0.25) is 0 Å². The van der Waals surface area contributed by atoms with E-state index < -0.39 is 18.0 Å². The van der Waals surface area contributed by atoms with Crippen molar-refractivity contribution in [3.63, 3.8) is 0 Å². The molecule has 2 aliphatic rings. The van der Waals surface area contributed by atoms with E-state index in [-0.39, 0.29) is 23.6 Å². The van der Waals surface area contributed by atoms with E-state index in [1.165, 1.54) is 36.9 Å². The van der Waals surface area contributed by atoms with Crippen LogP contribution in [0, 0.1) is 0 Å². The van der Waals surface area contributed by atoms with E-state index in [1.807, 2.05) is 42.5 Å². The van der Waals surface area contributed by atoms with Crippen LogP contribution in [0.5, 0.6) is 0 Å². The molecule has 0 bridgehead atoms. The number of thioether (sulfide) groups is 1. The van der Waals surface area contributed by atoms with Gasteiger partial charge in [0.05, 0.1) is 0 Å². The van der Waals surface area contributed by atoms with E-state index in [2.05, 4.69) is 4.99 Å². The second-order valence-corrected chi connectivity index (χ2v) is 8.04. The molecule has 154 valence electrons. The maximum atomic E-state index is 13.1. The third kappa shape index (κ3) is 3.64. The van der Waals surface area contributed by atoms with Crippen LogP contribution in [0.1, 0.15) is 12.5 Å². The van der Waals surface area contributed by atoms with E-state index in [4.69, 9.17) is 9.47 Å². The lowest BCUT2D eigenvalue weighted by molar-refractivity contribution is -0.159. The summed E-state index contributed by atoms with van der Waals surface area (Å²) in [4.78, 5) is 42.4. The first-order valence-electron chi connectivity index (χ1n) is 9.40. The Bertz CT molecular complexity index is 1090. The second-order valence-electron chi connectivity index (χ2n) is 6.93. The SMILES string of the molecule is CO[C@H]1C(=O)N2C(C(=O)N=Cc3cccc4ccccc34)=C(COC(C)=O)CS[C@H]12. The molecular weight excluding hydrogens is 404 g/mol. The van der Waals surface area contributed by atoms with Gasteiger partial charge in [-0.05, 0) is 10.8 Å². The van der Waals surface area contributed by atoms with Gasteiger partial charge in [-0.2, -0.15) is 0 Å². The van der Waals surface area contributed by atoms with Crippen LogP contribution >= 0.6 is 11.8 Å². The maximum absolute atomic E-state index is 13.1. The molecule has 2 heterocycles. The number of rotatable bonds is 5. The van der Waals surface area contributed by atoms with Crippen molar-refractivity contribution in [1.82, 2.24) is 4.90 Å². The fraction of sp³-hybridized carbons (Fsp3) is 0.273. The van der Waals surface area contributed by atoms with Crippen LogP contribution in [0.4, 0.5) is 0 Å². The monoisotopic (exact) mass is 424 g/mol. The number of benzene rings is 2. The van der Waals surface area contributed by atoms with Crippen LogP contribution in [0.25, 0.3) is 10.8 Å². The first-order valence-corrected chi connectivity index (χ1v) is 10.4. The molecule has 0 aliphatic carbocycles. The number of ether oxygens (including phenoxy) is 2. The van der Waals surface area contributed by atoms with Gasteiger partial charge in [-0.1, -0.05) is 42.5 Å². The summed E-state index contributed by atoms with van der Waals surface area (Å²) in [5.41, 5.74) is 1.54. The van der Waals surface area contributed by atoms with Crippen molar-refractivity contribution in [1.29, 1.82) is 0 Å². The molecule has 1 saturated heterocycles. The highest BCUT2D eigenvalue weighted by atomic mass is 32.2. The molecule has 0 N–H and O–H groups in total. The van der Waals surface area contributed by atoms with Gasteiger partial charge in [0.25, 0.3) is 11.8 Å². The van der Waals surface area contributed by atoms with E-state index in [0.29, 0.717) is 11.3 Å². The van der Waals surface area contributed by atoms with Crippen LogP contribution in [0.15, 0.2) is 58.7 Å². The van der Waals surface area contributed by atoms with Crippen molar-refractivity contribution in [2.24, 2.45) is 4.99 Å². The standard InChI is InChI=1S/C22H20N2O5S/c1-13(25)29-11-16-12-30-22-19(28-2)21(27)24(22)18(16)20(26)23-10-15-8-5-7-14-6-3-4-9-17(14)15/h3-10,19,22H,11-12H2,1-2H3/t19-,22+/m0/s1. The highest BCUT2D eigenvalue weighted by Gasteiger charge is 2.53. The maximum Gasteiger partial charge on any atom is 0.302 e. The molecule has 0 aromatic heterocycles. The number of carbonyl (C=O) groups is 3. The summed E-state index contributed by atoms with van der Waals surface area (Å²) in [6, 6.07) is 13.6. The van der Waals surface area contributed by atoms with Gasteiger partial charge in [-0.25, -0.2) is 4.99 Å². The van der Waals surface area contributed by atoms with Crippen molar-refractivity contribution >= 4 is 46.5 Å². The third-order valence-corrected chi connectivity index (χ3v) is 6.36. The summed E-state index contributed by atoms with van der Waals surface area (Å²) >= 11 is 1.47. The summed E-state index contributed by atoms with van der Waals surface area (Å²) in [6.45, 7) is 1.25. The Hall–Kier alpha value is -2.97. The van der Waals surface area contributed by atoms with E-state index in [9.17, 15) is 14.4 Å². The van der Waals surface area contributed by atoms with Crippen molar-refractivity contribution in [3.05, 3.63) is 59.3 Å². The Balaban J connectivity index is 1.66. The number of hydrogen-bond acceptors (Lipinski definition) is 6. The van der Waals surface area contributed by atoms with Crippen LogP contribution in [0.3, 0.4) is 0 Å². The number of aliphatic imine (C=N–C) groups is 1. The number of methoxy groups -OCH3 is 1. The van der Waals surface area contributed by atoms with Gasteiger partial charge >= 0.3 is 5.97 Å². The minimum atomic E-state index is -0.588. The smallest absolute Gasteiger partial charge is 0.302 e. The number of esters is 1. The topological polar surface area (TPSA) is 85.3 Å². The van der Waals surface area contributed by atoms with Crippen LogP contribution in [-0.2, 0) is 23.9 Å². The number of hydrogen-bond donors (Lipinski definition) is 0. The van der Waals surface area contributed by atoms with E-state index in [0.717, 1.165) is 16.3 Å². The summed E-state index contributed by atoms with van der Waals surface area (Å²) < 4.78 is 10.3. The first kappa shape index (κ1) is 20.3. The molecule has 7 nitrogen and oxygen atoms in total. The van der Waals surface area contributed by atoms with Crippen molar-refractivity contribution in [2.75, 3.05) is 19.5 Å². The Morgan fingerprint density at radius 3 is 2.77 bits per heavy atom. The number of fused-ring (bicyclic) bond motifs is 2. The molecule has 1 fully saturated rings. The third-order valence-electron chi connectivity index (χ3n) is 5.05. The molecule has 2 aliphatic heterocycles. The molecule has 4 rings (SSSR count). The summed E-state index contributed by atoms with van der Waals surface area (Å²) in [5, 5.41) is 1.73. The molecule has 8 heteroatoms. The van der Waals surface area contributed by atoms with Gasteiger partial charge in [-0.15, -0.1) is 11.8 Å². The lowest BCUT2D eigenvalue weighted by Crippen LogP contribution is -2.65.